The molecule has 0 saturated carbocycles. The Morgan fingerprint density at radius 1 is 0.969 bits per heavy atom. The second-order valence-electron chi connectivity index (χ2n) is 12.6. The lowest BCUT2D eigenvalue weighted by Crippen LogP contribution is -2.32. The Morgan fingerprint density at radius 2 is 1.50 bits per heavy atom. The average Bonchev–Trinajstić information content (AvgIpc) is 2.94. The van der Waals surface area contributed by atoms with E-state index in [1.54, 1.807) is 5.56 Å². The molecule has 0 radical (unpaired) electrons. The molecule has 0 aromatic heterocycles. The minimum Gasteiger partial charge on any atom is -0.0984 e. The molecule has 0 saturated heterocycles. The minimum atomic E-state index is 0.0531. The van der Waals surface area contributed by atoms with Crippen molar-refractivity contribution in [2.24, 2.45) is 17.3 Å². The first-order chi connectivity index (χ1) is 14.7. The van der Waals surface area contributed by atoms with Crippen LogP contribution in [0.2, 0.25) is 0 Å². The van der Waals surface area contributed by atoms with Gasteiger partial charge in [0, 0.05) is 5.41 Å². The van der Waals surface area contributed by atoms with Crippen LogP contribution in [0.15, 0.2) is 48.1 Å². The standard InChI is InChI=1S/C32H50/c1-13-22(4)20-32(21-23(5)14-2)28(18-24(6)30(7,8)9)26(15-3)27-17-16-25(19-29(27)32)31(10,11)12/h15-19,22-23H,3,13-14,20-21H2,1-2,4-12H3/b24-18+. The molecule has 1 aliphatic carbocycles. The van der Waals surface area contributed by atoms with Crippen LogP contribution in [0.25, 0.3) is 5.57 Å². The number of rotatable bonds is 8. The molecule has 0 nitrogen and oxygen atoms in total. The Bertz CT molecular complexity index is 864. The number of hydrogen-bond donors (Lipinski definition) is 0. The summed E-state index contributed by atoms with van der Waals surface area (Å²) in [6.45, 7) is 30.2. The molecule has 2 atom stereocenters. The molecule has 0 N–H and O–H groups in total. The summed E-state index contributed by atoms with van der Waals surface area (Å²) >= 11 is 0. The van der Waals surface area contributed by atoms with E-state index in [0.29, 0.717) is 11.8 Å². The van der Waals surface area contributed by atoms with Crippen molar-refractivity contribution in [3.63, 3.8) is 0 Å². The molecule has 0 fully saturated rings. The molecule has 1 aromatic carbocycles. The van der Waals surface area contributed by atoms with E-state index in [1.165, 1.54) is 53.5 Å². The fourth-order valence-electron chi connectivity index (χ4n) is 5.06. The molecule has 0 heterocycles. The van der Waals surface area contributed by atoms with Gasteiger partial charge in [-0.3, -0.25) is 0 Å². The van der Waals surface area contributed by atoms with Crippen LogP contribution in [0, 0.1) is 17.3 Å². The van der Waals surface area contributed by atoms with E-state index in [9.17, 15) is 0 Å². The second-order valence-corrected chi connectivity index (χ2v) is 12.6. The number of fused-ring (bicyclic) bond motifs is 1. The van der Waals surface area contributed by atoms with Gasteiger partial charge in [-0.2, -0.15) is 0 Å². The van der Waals surface area contributed by atoms with Gasteiger partial charge in [-0.05, 0) is 70.3 Å². The molecule has 32 heavy (non-hydrogen) atoms. The van der Waals surface area contributed by atoms with Gasteiger partial charge in [0.1, 0.15) is 0 Å². The van der Waals surface area contributed by atoms with Gasteiger partial charge in [-0.15, -0.1) is 0 Å². The zero-order chi connectivity index (χ0) is 24.5. The van der Waals surface area contributed by atoms with Crippen LogP contribution >= 0.6 is 0 Å². The largest absolute Gasteiger partial charge is 0.0984 e. The molecule has 0 heteroatoms. The number of allylic oxidation sites excluding steroid dienone is 5. The smallest absolute Gasteiger partial charge is 0.0220 e. The summed E-state index contributed by atoms with van der Waals surface area (Å²) in [6, 6.07) is 7.29. The molecular formula is C32H50. The first-order valence-electron chi connectivity index (χ1n) is 12.9. The third-order valence-corrected chi connectivity index (χ3v) is 8.03. The first-order valence-corrected chi connectivity index (χ1v) is 12.9. The average molecular weight is 435 g/mol. The molecule has 0 aliphatic heterocycles. The van der Waals surface area contributed by atoms with Crippen molar-refractivity contribution < 1.29 is 0 Å². The first kappa shape index (κ1) is 26.7. The van der Waals surface area contributed by atoms with Crippen LogP contribution in [0.3, 0.4) is 0 Å². The lowest BCUT2D eigenvalue weighted by Gasteiger charge is -2.39. The number of hydrogen-bond acceptors (Lipinski definition) is 0. The molecule has 0 amide bonds. The Kier molecular flexibility index (Phi) is 8.13. The van der Waals surface area contributed by atoms with Crippen LogP contribution in [0.5, 0.6) is 0 Å². The zero-order valence-corrected chi connectivity index (χ0v) is 23.1. The van der Waals surface area contributed by atoms with Crippen molar-refractivity contribution in [3.05, 3.63) is 64.8 Å². The number of benzene rings is 1. The summed E-state index contributed by atoms with van der Waals surface area (Å²) < 4.78 is 0. The monoisotopic (exact) mass is 434 g/mol. The van der Waals surface area contributed by atoms with Gasteiger partial charge in [0.2, 0.25) is 0 Å². The second kappa shape index (κ2) is 9.74. The van der Waals surface area contributed by atoms with Crippen LogP contribution in [-0.4, -0.2) is 0 Å². The molecule has 2 rings (SSSR count). The summed E-state index contributed by atoms with van der Waals surface area (Å²) in [6.07, 6.45) is 9.51. The van der Waals surface area contributed by atoms with Crippen molar-refractivity contribution in [3.8, 4) is 0 Å². The van der Waals surface area contributed by atoms with Gasteiger partial charge >= 0.3 is 0 Å². The van der Waals surface area contributed by atoms with Crippen LogP contribution in [0.1, 0.15) is 119 Å². The van der Waals surface area contributed by atoms with Gasteiger partial charge in [-0.1, -0.05) is 125 Å². The molecule has 0 bridgehead atoms. The summed E-state index contributed by atoms with van der Waals surface area (Å²) in [4.78, 5) is 0. The predicted octanol–water partition coefficient (Wildman–Crippen LogP) is 10.0. The maximum Gasteiger partial charge on any atom is 0.0220 e. The van der Waals surface area contributed by atoms with Crippen molar-refractivity contribution in [2.45, 2.75) is 113 Å². The Hall–Kier alpha value is -1.56. The van der Waals surface area contributed by atoms with Crippen molar-refractivity contribution in [1.29, 1.82) is 0 Å². The quantitative estimate of drug-likeness (QED) is 0.382. The van der Waals surface area contributed by atoms with E-state index >= 15 is 0 Å². The summed E-state index contributed by atoms with van der Waals surface area (Å²) in [5, 5.41) is 0. The third kappa shape index (κ3) is 5.32. The van der Waals surface area contributed by atoms with Gasteiger partial charge < -0.3 is 0 Å². The van der Waals surface area contributed by atoms with Gasteiger partial charge in [0.05, 0.1) is 0 Å². The highest BCUT2D eigenvalue weighted by Crippen LogP contribution is 2.55. The van der Waals surface area contributed by atoms with E-state index < -0.39 is 0 Å². The Balaban J connectivity index is 2.94. The molecule has 0 spiro atoms. The molecule has 1 aromatic rings. The Labute approximate surface area is 200 Å². The van der Waals surface area contributed by atoms with Crippen LogP contribution < -0.4 is 0 Å². The maximum atomic E-state index is 4.31. The van der Waals surface area contributed by atoms with E-state index in [0.717, 1.165) is 0 Å². The molecule has 1 aliphatic rings. The van der Waals surface area contributed by atoms with Crippen LogP contribution in [0.4, 0.5) is 0 Å². The molecule has 2 unspecified atom stereocenters. The summed E-state index contributed by atoms with van der Waals surface area (Å²) in [5.74, 6) is 1.35. The zero-order valence-electron chi connectivity index (χ0n) is 23.1. The van der Waals surface area contributed by atoms with Gasteiger partial charge in [0.25, 0.3) is 0 Å². The summed E-state index contributed by atoms with van der Waals surface area (Å²) in [7, 11) is 0. The lowest BCUT2D eigenvalue weighted by molar-refractivity contribution is 0.305. The minimum absolute atomic E-state index is 0.0531. The normalized spacial score (nSPS) is 21.5. The van der Waals surface area contributed by atoms with Crippen molar-refractivity contribution in [1.82, 2.24) is 0 Å². The fraction of sp³-hybridized carbons (Fsp3) is 0.625. The highest BCUT2D eigenvalue weighted by atomic mass is 14.5. The van der Waals surface area contributed by atoms with E-state index in [1.807, 2.05) is 0 Å². The lowest BCUT2D eigenvalue weighted by atomic mass is 9.64. The Morgan fingerprint density at radius 3 is 1.91 bits per heavy atom. The van der Waals surface area contributed by atoms with Gasteiger partial charge in [-0.25, -0.2) is 0 Å². The topological polar surface area (TPSA) is 0 Å². The van der Waals surface area contributed by atoms with Crippen LogP contribution in [-0.2, 0) is 10.8 Å². The van der Waals surface area contributed by atoms with Crippen molar-refractivity contribution in [2.75, 3.05) is 0 Å². The third-order valence-electron chi connectivity index (χ3n) is 8.03. The SMILES string of the molecule is C=CC1=C(/C=C(\C)C(C)(C)C)C(CC(C)CC)(CC(C)CC)c2cc(C(C)(C)C)ccc21. The van der Waals surface area contributed by atoms with E-state index in [-0.39, 0.29) is 16.2 Å². The highest BCUT2D eigenvalue weighted by Gasteiger charge is 2.45. The molecule has 178 valence electrons. The van der Waals surface area contributed by atoms with Crippen molar-refractivity contribution >= 4 is 5.57 Å². The highest BCUT2D eigenvalue weighted by molar-refractivity contribution is 5.88. The van der Waals surface area contributed by atoms with E-state index in [4.69, 9.17) is 0 Å². The predicted molar refractivity (Wildman–Crippen MR) is 145 cm³/mol. The molecular weight excluding hydrogens is 384 g/mol. The van der Waals surface area contributed by atoms with E-state index in [2.05, 4.69) is 113 Å². The fourth-order valence-corrected chi connectivity index (χ4v) is 5.06. The summed E-state index contributed by atoms with van der Waals surface area (Å²) in [5.41, 5.74) is 9.07. The maximum absolute atomic E-state index is 4.31. The van der Waals surface area contributed by atoms with Gasteiger partial charge in [0.15, 0.2) is 0 Å².